The number of aliphatic hydroxyl groups excluding tert-OH is 2. The van der Waals surface area contributed by atoms with Gasteiger partial charge in [0.2, 0.25) is 11.8 Å². The number of esters is 2. The Morgan fingerprint density at radius 2 is 1.23 bits per heavy atom. The lowest BCUT2D eigenvalue weighted by Gasteiger charge is -2.20. The first kappa shape index (κ1) is 43.0. The molecule has 4 N–H and O–H groups in total. The summed E-state index contributed by atoms with van der Waals surface area (Å²) in [5.41, 5.74) is 0. The normalized spacial score (nSPS) is 13.0. The van der Waals surface area contributed by atoms with Crippen LogP contribution in [0.4, 0.5) is 0 Å². The van der Waals surface area contributed by atoms with E-state index in [0.717, 1.165) is 50.7 Å². The van der Waals surface area contributed by atoms with E-state index in [1.165, 1.54) is 0 Å². The van der Waals surface area contributed by atoms with Gasteiger partial charge in [0.05, 0.1) is 19.8 Å². The maximum absolute atomic E-state index is 12.5. The van der Waals surface area contributed by atoms with Crippen LogP contribution >= 0.6 is 0 Å². The highest BCUT2D eigenvalue weighted by atomic mass is 16.6. The zero-order valence-electron chi connectivity index (χ0n) is 28.2. The molecule has 10 heteroatoms. The molecule has 1 atom stereocenters. The maximum atomic E-state index is 12.5. The van der Waals surface area contributed by atoms with Crippen molar-refractivity contribution in [3.8, 4) is 0 Å². The molecule has 0 bridgehead atoms. The van der Waals surface area contributed by atoms with Gasteiger partial charge in [-0.1, -0.05) is 79.8 Å². The minimum Gasteiger partial charge on any atom is -0.463 e. The summed E-state index contributed by atoms with van der Waals surface area (Å²) in [5, 5.41) is 23.7. The molecule has 0 aromatic rings. The molecule has 0 saturated heterocycles. The quantitative estimate of drug-likeness (QED) is 0.0405. The summed E-state index contributed by atoms with van der Waals surface area (Å²) in [5.74, 6) is -2.30. The topological polar surface area (TPSA) is 151 Å². The van der Waals surface area contributed by atoms with Gasteiger partial charge in [0.1, 0.15) is 12.1 Å². The van der Waals surface area contributed by atoms with Crippen molar-refractivity contribution in [2.24, 2.45) is 0 Å². The predicted molar refractivity (Wildman–Crippen MR) is 186 cm³/mol. The molecule has 1 unspecified atom stereocenters. The highest BCUT2D eigenvalue weighted by Gasteiger charge is 2.24. The first-order valence-electron chi connectivity index (χ1n) is 16.6. The number of aliphatic hydroxyl groups is 2. The highest BCUT2D eigenvalue weighted by molar-refractivity contribution is 5.96. The number of carbonyl (C=O) groups excluding carboxylic acids is 4. The Kier molecular flexibility index (Phi) is 29.2. The summed E-state index contributed by atoms with van der Waals surface area (Å²) in [6, 6.07) is -1.07. The number of ether oxygens (including phenoxy) is 2. The number of allylic oxidation sites excluding steroid dienone is 12. The van der Waals surface area contributed by atoms with Crippen molar-refractivity contribution in [1.82, 2.24) is 10.6 Å². The molecule has 0 heterocycles. The third-order valence-corrected chi connectivity index (χ3v) is 6.32. The van der Waals surface area contributed by atoms with E-state index in [4.69, 9.17) is 9.47 Å². The first-order valence-corrected chi connectivity index (χ1v) is 16.6. The lowest BCUT2D eigenvalue weighted by atomic mass is 10.1. The molecule has 47 heavy (non-hydrogen) atoms. The SMILES string of the molecule is CCC=CCC=CCC=CCC=CCC=CCC=CCCC(=O)NCCCCC(NC(=O)C=CC(=O)OCC)C(=O)OC(CO)CO. The third kappa shape index (κ3) is 28.0. The van der Waals surface area contributed by atoms with Crippen LogP contribution in [0.2, 0.25) is 0 Å². The first-order chi connectivity index (χ1) is 22.9. The average Bonchev–Trinajstić information content (AvgIpc) is 3.06. The number of nitrogens with one attached hydrogen (secondary N) is 2. The Hall–Kier alpha value is -4.02. The van der Waals surface area contributed by atoms with Gasteiger partial charge in [-0.05, 0) is 71.1 Å². The van der Waals surface area contributed by atoms with Crippen LogP contribution in [0.1, 0.15) is 84.5 Å². The van der Waals surface area contributed by atoms with Crippen LogP contribution in [0.25, 0.3) is 0 Å². The van der Waals surface area contributed by atoms with E-state index >= 15 is 0 Å². The fraction of sp³-hybridized carbons (Fsp3) is 0.514. The number of carbonyl (C=O) groups is 4. The Balaban J connectivity index is 4.22. The van der Waals surface area contributed by atoms with Crippen molar-refractivity contribution in [1.29, 1.82) is 0 Å². The summed E-state index contributed by atoms with van der Waals surface area (Å²) < 4.78 is 9.76. The van der Waals surface area contributed by atoms with Gasteiger partial charge in [0, 0.05) is 25.1 Å². The Bertz CT molecular complexity index is 1070. The number of amides is 2. The molecule has 0 fully saturated rings. The number of hydrogen-bond donors (Lipinski definition) is 4. The van der Waals surface area contributed by atoms with Crippen molar-refractivity contribution < 1.29 is 38.9 Å². The van der Waals surface area contributed by atoms with Gasteiger partial charge >= 0.3 is 11.9 Å². The van der Waals surface area contributed by atoms with Gasteiger partial charge in [-0.3, -0.25) is 9.59 Å². The minimum absolute atomic E-state index is 0.0772. The highest BCUT2D eigenvalue weighted by Crippen LogP contribution is 2.06. The number of unbranched alkanes of at least 4 members (excludes halogenated alkanes) is 1. The van der Waals surface area contributed by atoms with Crippen LogP contribution in [0.5, 0.6) is 0 Å². The zero-order chi connectivity index (χ0) is 34.8. The molecular formula is C37H56N2O8. The molecule has 0 aliphatic rings. The molecule has 0 aliphatic heterocycles. The molecular weight excluding hydrogens is 600 g/mol. The number of rotatable bonds is 27. The van der Waals surface area contributed by atoms with Gasteiger partial charge in [-0.15, -0.1) is 0 Å². The smallest absolute Gasteiger partial charge is 0.330 e. The van der Waals surface area contributed by atoms with E-state index in [9.17, 15) is 29.4 Å². The van der Waals surface area contributed by atoms with E-state index in [2.05, 4.69) is 78.3 Å². The van der Waals surface area contributed by atoms with Crippen molar-refractivity contribution in [3.63, 3.8) is 0 Å². The molecule has 0 aromatic heterocycles. The predicted octanol–water partition coefficient (Wildman–Crippen LogP) is 5.25. The van der Waals surface area contributed by atoms with E-state index in [1.807, 2.05) is 12.2 Å². The average molecular weight is 657 g/mol. The van der Waals surface area contributed by atoms with E-state index < -0.39 is 43.2 Å². The van der Waals surface area contributed by atoms with Gasteiger partial charge < -0.3 is 30.3 Å². The summed E-state index contributed by atoms with van der Waals surface area (Å²) in [4.78, 5) is 48.3. The molecule has 10 nitrogen and oxygen atoms in total. The van der Waals surface area contributed by atoms with Gasteiger partial charge in [0.25, 0.3) is 0 Å². The largest absolute Gasteiger partial charge is 0.463 e. The molecule has 262 valence electrons. The lowest BCUT2D eigenvalue weighted by Crippen LogP contribution is -2.43. The number of hydrogen-bond acceptors (Lipinski definition) is 8. The van der Waals surface area contributed by atoms with E-state index in [-0.39, 0.29) is 18.9 Å². The summed E-state index contributed by atoms with van der Waals surface area (Å²) in [6.07, 6.45) is 34.3. The van der Waals surface area contributed by atoms with Crippen LogP contribution in [-0.2, 0) is 28.7 Å². The van der Waals surface area contributed by atoms with Crippen LogP contribution in [0, 0.1) is 0 Å². The Labute approximate surface area is 281 Å². The molecule has 0 radical (unpaired) electrons. The van der Waals surface area contributed by atoms with Crippen LogP contribution in [0.3, 0.4) is 0 Å². The molecule has 0 spiro atoms. The second-order valence-electron chi connectivity index (χ2n) is 10.4. The van der Waals surface area contributed by atoms with Gasteiger partial charge in [-0.25, -0.2) is 9.59 Å². The van der Waals surface area contributed by atoms with Crippen LogP contribution in [-0.4, -0.2) is 72.5 Å². The second-order valence-corrected chi connectivity index (χ2v) is 10.4. The molecule has 0 saturated carbocycles. The van der Waals surface area contributed by atoms with E-state index in [0.29, 0.717) is 32.2 Å². The van der Waals surface area contributed by atoms with Crippen molar-refractivity contribution in [3.05, 3.63) is 85.1 Å². The Morgan fingerprint density at radius 1 is 0.702 bits per heavy atom. The van der Waals surface area contributed by atoms with Crippen molar-refractivity contribution in [2.45, 2.75) is 96.6 Å². The second kappa shape index (κ2) is 31.9. The van der Waals surface area contributed by atoms with Gasteiger partial charge in [-0.2, -0.15) is 0 Å². The zero-order valence-corrected chi connectivity index (χ0v) is 28.2. The monoisotopic (exact) mass is 656 g/mol. The van der Waals surface area contributed by atoms with Gasteiger partial charge in [0.15, 0.2) is 0 Å². The van der Waals surface area contributed by atoms with Crippen molar-refractivity contribution >= 4 is 23.8 Å². The lowest BCUT2D eigenvalue weighted by molar-refractivity contribution is -0.157. The summed E-state index contributed by atoms with van der Waals surface area (Å²) in [7, 11) is 0. The molecule has 2 amide bonds. The maximum Gasteiger partial charge on any atom is 0.330 e. The summed E-state index contributed by atoms with van der Waals surface area (Å²) >= 11 is 0. The fourth-order valence-corrected chi connectivity index (χ4v) is 3.83. The molecule has 0 rings (SSSR count). The van der Waals surface area contributed by atoms with Crippen molar-refractivity contribution in [2.75, 3.05) is 26.4 Å². The molecule has 0 aromatic carbocycles. The fourth-order valence-electron chi connectivity index (χ4n) is 3.83. The van der Waals surface area contributed by atoms with Crippen LogP contribution in [0.15, 0.2) is 85.1 Å². The standard InChI is InChI=1S/C37H56N2O8/c1-3-5-6-7-8-9-10-11-12-13-14-15-16-17-18-19-20-21-22-26-34(42)38-29-24-23-25-33(37(45)47-32(30-40)31-41)39-35(43)27-28-36(44)46-4-2/h5-6,8-9,11-12,14-15,17-18,20-21,27-28,32-33,40-41H,3-4,7,10,13,16,19,22-26,29-31H2,1-2H3,(H,38,42)(H,39,43). The minimum atomic E-state index is -1.11. The van der Waals surface area contributed by atoms with E-state index in [1.54, 1.807) is 6.92 Å². The van der Waals surface area contributed by atoms with Crippen LogP contribution < -0.4 is 10.6 Å². The Morgan fingerprint density at radius 3 is 1.74 bits per heavy atom. The third-order valence-electron chi connectivity index (χ3n) is 6.32. The summed E-state index contributed by atoms with van der Waals surface area (Å²) in [6.45, 7) is 3.17. The molecule has 0 aliphatic carbocycles.